The van der Waals surface area contributed by atoms with Gasteiger partial charge in [-0.2, -0.15) is 0 Å². The summed E-state index contributed by atoms with van der Waals surface area (Å²) < 4.78 is 0. The number of carbonyl (C=O) groups is 1. The standard InChI is InChI=1S/C12H17N3O/c1-2-3-8-15(9-16)11-6-4-10(5-7-11)12(13)14/h4-7,9H,2-3,8H2,1H3,(H3,13,14). The Morgan fingerprint density at radius 3 is 2.50 bits per heavy atom. The third-order valence-corrected chi connectivity index (χ3v) is 2.39. The van der Waals surface area contributed by atoms with Crippen molar-refractivity contribution in [1.82, 2.24) is 0 Å². The Labute approximate surface area is 95.6 Å². The number of amides is 1. The second-order valence-corrected chi connectivity index (χ2v) is 3.61. The topological polar surface area (TPSA) is 70.2 Å². The lowest BCUT2D eigenvalue weighted by molar-refractivity contribution is -0.107. The van der Waals surface area contributed by atoms with Gasteiger partial charge in [0.05, 0.1) is 0 Å². The molecule has 1 aromatic rings. The number of nitrogen functional groups attached to an aromatic ring is 1. The maximum Gasteiger partial charge on any atom is 0.214 e. The van der Waals surface area contributed by atoms with Crippen molar-refractivity contribution in [2.45, 2.75) is 19.8 Å². The molecule has 3 N–H and O–H groups in total. The van der Waals surface area contributed by atoms with Gasteiger partial charge >= 0.3 is 0 Å². The van der Waals surface area contributed by atoms with E-state index in [0.717, 1.165) is 31.5 Å². The molecule has 0 radical (unpaired) electrons. The molecule has 0 bridgehead atoms. The Morgan fingerprint density at radius 1 is 1.44 bits per heavy atom. The number of unbranched alkanes of at least 4 members (excludes halogenated alkanes) is 1. The van der Waals surface area contributed by atoms with Crippen LogP contribution in [0.4, 0.5) is 5.69 Å². The number of hydrogen-bond donors (Lipinski definition) is 2. The summed E-state index contributed by atoms with van der Waals surface area (Å²) in [6.45, 7) is 2.81. The summed E-state index contributed by atoms with van der Waals surface area (Å²) in [5.41, 5.74) is 6.87. The minimum absolute atomic E-state index is 0.0396. The molecule has 0 aliphatic heterocycles. The van der Waals surface area contributed by atoms with E-state index in [-0.39, 0.29) is 5.84 Å². The lowest BCUT2D eigenvalue weighted by atomic mass is 10.2. The first-order chi connectivity index (χ1) is 7.69. The van der Waals surface area contributed by atoms with E-state index in [1.807, 2.05) is 0 Å². The van der Waals surface area contributed by atoms with Crippen LogP contribution in [0.5, 0.6) is 0 Å². The summed E-state index contributed by atoms with van der Waals surface area (Å²) in [7, 11) is 0. The van der Waals surface area contributed by atoms with Crippen LogP contribution in [-0.2, 0) is 4.79 Å². The molecule has 0 fully saturated rings. The highest BCUT2D eigenvalue weighted by atomic mass is 16.1. The number of nitrogens with one attached hydrogen (secondary N) is 1. The molecule has 0 aromatic heterocycles. The molecule has 1 rings (SSSR count). The molecular formula is C12H17N3O. The van der Waals surface area contributed by atoms with Crippen LogP contribution in [0.15, 0.2) is 24.3 Å². The fraction of sp³-hybridized carbons (Fsp3) is 0.333. The molecular weight excluding hydrogens is 202 g/mol. The second kappa shape index (κ2) is 5.90. The quantitative estimate of drug-likeness (QED) is 0.434. The van der Waals surface area contributed by atoms with Gasteiger partial charge in [0.15, 0.2) is 0 Å². The molecule has 0 aliphatic carbocycles. The number of benzene rings is 1. The zero-order chi connectivity index (χ0) is 12.0. The molecule has 0 aliphatic rings. The Morgan fingerprint density at radius 2 is 2.06 bits per heavy atom. The Hall–Kier alpha value is -1.84. The number of hydrogen-bond acceptors (Lipinski definition) is 2. The van der Waals surface area contributed by atoms with Crippen LogP contribution in [0.1, 0.15) is 25.3 Å². The fourth-order valence-electron chi connectivity index (χ4n) is 1.40. The van der Waals surface area contributed by atoms with E-state index in [1.165, 1.54) is 0 Å². The van der Waals surface area contributed by atoms with E-state index in [9.17, 15) is 4.79 Å². The number of carbonyl (C=O) groups excluding carboxylic acids is 1. The Bertz CT molecular complexity index is 359. The van der Waals surface area contributed by atoms with Gasteiger partial charge in [-0.05, 0) is 30.7 Å². The van der Waals surface area contributed by atoms with Gasteiger partial charge in [0, 0.05) is 17.8 Å². The van der Waals surface area contributed by atoms with Gasteiger partial charge in [-0.3, -0.25) is 10.2 Å². The predicted octanol–water partition coefficient (Wildman–Crippen LogP) is 1.73. The van der Waals surface area contributed by atoms with Crippen molar-refractivity contribution in [1.29, 1.82) is 5.41 Å². The molecule has 16 heavy (non-hydrogen) atoms. The smallest absolute Gasteiger partial charge is 0.214 e. The summed E-state index contributed by atoms with van der Waals surface area (Å²) in [5.74, 6) is 0.0396. The molecule has 86 valence electrons. The maximum atomic E-state index is 10.9. The van der Waals surface area contributed by atoms with Gasteiger partial charge in [-0.1, -0.05) is 13.3 Å². The highest BCUT2D eigenvalue weighted by Gasteiger charge is 2.04. The van der Waals surface area contributed by atoms with Crippen LogP contribution in [0, 0.1) is 5.41 Å². The average molecular weight is 219 g/mol. The summed E-state index contributed by atoms with van der Waals surface area (Å²) in [4.78, 5) is 12.5. The SMILES string of the molecule is CCCCN(C=O)c1ccc(C(=N)N)cc1. The van der Waals surface area contributed by atoms with Gasteiger partial charge in [0.25, 0.3) is 0 Å². The monoisotopic (exact) mass is 219 g/mol. The van der Waals surface area contributed by atoms with Crippen LogP contribution in [0.3, 0.4) is 0 Å². The maximum absolute atomic E-state index is 10.9. The van der Waals surface area contributed by atoms with Crippen LogP contribution in [0.25, 0.3) is 0 Å². The van der Waals surface area contributed by atoms with Gasteiger partial charge in [0.1, 0.15) is 5.84 Å². The van der Waals surface area contributed by atoms with Crippen LogP contribution >= 0.6 is 0 Å². The van der Waals surface area contributed by atoms with Gasteiger partial charge < -0.3 is 10.6 Å². The lowest BCUT2D eigenvalue weighted by Gasteiger charge is -2.17. The number of rotatable bonds is 6. The van der Waals surface area contributed by atoms with Crippen molar-refractivity contribution in [2.24, 2.45) is 5.73 Å². The van der Waals surface area contributed by atoms with E-state index in [1.54, 1.807) is 29.2 Å². The largest absolute Gasteiger partial charge is 0.384 e. The molecule has 0 atom stereocenters. The molecule has 1 amide bonds. The molecule has 0 unspecified atom stereocenters. The highest BCUT2D eigenvalue weighted by Crippen LogP contribution is 2.14. The second-order valence-electron chi connectivity index (χ2n) is 3.61. The van der Waals surface area contributed by atoms with Crippen LogP contribution in [-0.4, -0.2) is 18.8 Å². The molecule has 0 heterocycles. The van der Waals surface area contributed by atoms with E-state index < -0.39 is 0 Å². The molecule has 0 saturated heterocycles. The summed E-state index contributed by atoms with van der Waals surface area (Å²) in [6.07, 6.45) is 2.86. The number of nitrogens with two attached hydrogens (primary N) is 1. The van der Waals surface area contributed by atoms with Gasteiger partial charge in [-0.15, -0.1) is 0 Å². The molecule has 4 nitrogen and oxygen atoms in total. The minimum atomic E-state index is 0.0396. The van der Waals surface area contributed by atoms with E-state index in [0.29, 0.717) is 5.56 Å². The number of nitrogens with zero attached hydrogens (tertiary/aromatic N) is 1. The minimum Gasteiger partial charge on any atom is -0.384 e. The summed E-state index contributed by atoms with van der Waals surface area (Å²) in [6, 6.07) is 7.11. The first-order valence-corrected chi connectivity index (χ1v) is 5.35. The van der Waals surface area contributed by atoms with Crippen molar-refractivity contribution < 1.29 is 4.79 Å². The van der Waals surface area contributed by atoms with Crippen molar-refractivity contribution in [3.05, 3.63) is 29.8 Å². The van der Waals surface area contributed by atoms with E-state index in [2.05, 4.69) is 6.92 Å². The Kier molecular flexibility index (Phi) is 4.51. The van der Waals surface area contributed by atoms with Crippen molar-refractivity contribution in [3.63, 3.8) is 0 Å². The molecule has 0 saturated carbocycles. The Balaban J connectivity index is 2.78. The number of amidine groups is 1. The van der Waals surface area contributed by atoms with Crippen LogP contribution in [0.2, 0.25) is 0 Å². The summed E-state index contributed by atoms with van der Waals surface area (Å²) >= 11 is 0. The van der Waals surface area contributed by atoms with Gasteiger partial charge in [-0.25, -0.2) is 0 Å². The number of anilines is 1. The lowest BCUT2D eigenvalue weighted by Crippen LogP contribution is -2.22. The third-order valence-electron chi connectivity index (χ3n) is 2.39. The summed E-state index contributed by atoms with van der Waals surface area (Å²) in [5, 5.41) is 7.26. The van der Waals surface area contributed by atoms with Gasteiger partial charge in [0.2, 0.25) is 6.41 Å². The molecule has 0 spiro atoms. The normalized spacial score (nSPS) is 9.81. The third kappa shape index (κ3) is 3.08. The highest BCUT2D eigenvalue weighted by molar-refractivity contribution is 5.95. The van der Waals surface area contributed by atoms with E-state index in [4.69, 9.17) is 11.1 Å². The van der Waals surface area contributed by atoms with Crippen molar-refractivity contribution >= 4 is 17.9 Å². The van der Waals surface area contributed by atoms with Crippen LogP contribution < -0.4 is 10.6 Å². The molecule has 1 aromatic carbocycles. The fourth-order valence-corrected chi connectivity index (χ4v) is 1.40. The first kappa shape index (κ1) is 12.2. The predicted molar refractivity (Wildman–Crippen MR) is 65.8 cm³/mol. The first-order valence-electron chi connectivity index (χ1n) is 5.35. The zero-order valence-electron chi connectivity index (χ0n) is 9.44. The molecule has 4 heteroatoms. The average Bonchev–Trinajstić information content (AvgIpc) is 2.30. The zero-order valence-corrected chi connectivity index (χ0v) is 9.44. The van der Waals surface area contributed by atoms with Crippen molar-refractivity contribution in [3.8, 4) is 0 Å². The van der Waals surface area contributed by atoms with E-state index >= 15 is 0 Å². The van der Waals surface area contributed by atoms with Crippen molar-refractivity contribution in [2.75, 3.05) is 11.4 Å².